The van der Waals surface area contributed by atoms with Gasteiger partial charge >= 0.3 is 0 Å². The Hall–Kier alpha value is -1.46. The number of aromatic nitrogens is 2. The van der Waals surface area contributed by atoms with Gasteiger partial charge in [-0.3, -0.25) is 0 Å². The fourth-order valence-corrected chi connectivity index (χ4v) is 3.32. The molecule has 3 heterocycles. The minimum absolute atomic E-state index is 0.581. The molecule has 4 nitrogen and oxygen atoms in total. The lowest BCUT2D eigenvalue weighted by molar-refractivity contribution is 0.453. The van der Waals surface area contributed by atoms with E-state index >= 15 is 0 Å². The normalized spacial score (nSPS) is 16.3. The maximum atomic E-state index is 4.76. The van der Waals surface area contributed by atoms with Crippen LogP contribution < -0.4 is 10.6 Å². The van der Waals surface area contributed by atoms with Crippen LogP contribution in [0.3, 0.4) is 0 Å². The number of anilines is 2. The van der Waals surface area contributed by atoms with Crippen LogP contribution in [-0.4, -0.2) is 23.1 Å². The van der Waals surface area contributed by atoms with Gasteiger partial charge in [0.2, 0.25) is 0 Å². The topological polar surface area (TPSA) is 49.8 Å². The van der Waals surface area contributed by atoms with Gasteiger partial charge in [0.05, 0.1) is 5.69 Å². The van der Waals surface area contributed by atoms with Gasteiger partial charge in [0, 0.05) is 16.5 Å². The number of hydrogen-bond donors (Lipinski definition) is 2. The summed E-state index contributed by atoms with van der Waals surface area (Å²) in [4.78, 5) is 10.5. The molecule has 3 rings (SSSR count). The van der Waals surface area contributed by atoms with Crippen molar-refractivity contribution < 1.29 is 0 Å². The van der Waals surface area contributed by atoms with E-state index in [0.717, 1.165) is 29.7 Å². The van der Waals surface area contributed by atoms with Crippen LogP contribution in [0.5, 0.6) is 0 Å². The third-order valence-corrected chi connectivity index (χ3v) is 4.78. The Labute approximate surface area is 123 Å². The Morgan fingerprint density at radius 1 is 1.20 bits per heavy atom. The van der Waals surface area contributed by atoms with Gasteiger partial charge < -0.3 is 10.6 Å². The van der Waals surface area contributed by atoms with E-state index in [1.54, 1.807) is 11.3 Å². The number of thiazole rings is 1. The highest BCUT2D eigenvalue weighted by molar-refractivity contribution is 7.15. The minimum atomic E-state index is 0.581. The van der Waals surface area contributed by atoms with Gasteiger partial charge in [-0.25, -0.2) is 9.97 Å². The van der Waals surface area contributed by atoms with Gasteiger partial charge in [0.25, 0.3) is 0 Å². The molecule has 20 heavy (non-hydrogen) atoms. The Morgan fingerprint density at radius 3 is 2.70 bits per heavy atom. The van der Waals surface area contributed by atoms with E-state index in [9.17, 15) is 0 Å². The van der Waals surface area contributed by atoms with Crippen LogP contribution in [0.1, 0.15) is 35.0 Å². The molecule has 0 spiro atoms. The van der Waals surface area contributed by atoms with Gasteiger partial charge in [0.15, 0.2) is 5.13 Å². The molecule has 0 bridgehead atoms. The molecule has 5 heteroatoms. The molecular weight excluding hydrogens is 268 g/mol. The molecular formula is C15H20N4S. The molecule has 106 valence electrons. The highest BCUT2D eigenvalue weighted by Crippen LogP contribution is 2.27. The van der Waals surface area contributed by atoms with Crippen molar-refractivity contribution in [3.05, 3.63) is 34.5 Å². The molecule has 0 radical (unpaired) electrons. The first-order valence-electron chi connectivity index (χ1n) is 7.11. The molecule has 0 unspecified atom stereocenters. The van der Waals surface area contributed by atoms with E-state index < -0.39 is 0 Å². The Kier molecular flexibility index (Phi) is 3.98. The SMILES string of the molecule is Cc1nc(Nc2cccc(C3CCNCC3)n2)sc1C. The molecule has 0 aliphatic carbocycles. The number of rotatable bonds is 3. The predicted octanol–water partition coefficient (Wildman–Crippen LogP) is 3.37. The van der Waals surface area contributed by atoms with E-state index in [0.29, 0.717) is 5.92 Å². The predicted molar refractivity (Wildman–Crippen MR) is 84.0 cm³/mol. The highest BCUT2D eigenvalue weighted by atomic mass is 32.1. The summed E-state index contributed by atoms with van der Waals surface area (Å²) in [6.07, 6.45) is 2.35. The van der Waals surface area contributed by atoms with Gasteiger partial charge in [-0.05, 0) is 51.9 Å². The maximum absolute atomic E-state index is 4.76. The quantitative estimate of drug-likeness (QED) is 0.909. The lowest BCUT2D eigenvalue weighted by atomic mass is 9.94. The van der Waals surface area contributed by atoms with Crippen LogP contribution >= 0.6 is 11.3 Å². The third-order valence-electron chi connectivity index (χ3n) is 3.79. The summed E-state index contributed by atoms with van der Waals surface area (Å²) in [5.74, 6) is 1.48. The van der Waals surface area contributed by atoms with E-state index in [1.165, 1.54) is 23.4 Å². The molecule has 1 saturated heterocycles. The van der Waals surface area contributed by atoms with Gasteiger partial charge in [0.1, 0.15) is 5.82 Å². The van der Waals surface area contributed by atoms with Crippen molar-refractivity contribution in [1.82, 2.24) is 15.3 Å². The second-order valence-electron chi connectivity index (χ2n) is 5.26. The Bertz CT molecular complexity index is 568. The average molecular weight is 288 g/mol. The lowest BCUT2D eigenvalue weighted by Gasteiger charge is -2.22. The van der Waals surface area contributed by atoms with E-state index in [1.807, 2.05) is 13.0 Å². The van der Waals surface area contributed by atoms with Crippen molar-refractivity contribution in [2.45, 2.75) is 32.6 Å². The van der Waals surface area contributed by atoms with Crippen molar-refractivity contribution in [3.8, 4) is 0 Å². The summed E-state index contributed by atoms with van der Waals surface area (Å²) in [5, 5.41) is 7.65. The molecule has 0 amide bonds. The van der Waals surface area contributed by atoms with Gasteiger partial charge in [-0.15, -0.1) is 11.3 Å². The van der Waals surface area contributed by atoms with Crippen molar-refractivity contribution in [2.75, 3.05) is 18.4 Å². The van der Waals surface area contributed by atoms with Crippen LogP contribution in [-0.2, 0) is 0 Å². The maximum Gasteiger partial charge on any atom is 0.188 e. The number of nitrogens with zero attached hydrogens (tertiary/aromatic N) is 2. The largest absolute Gasteiger partial charge is 0.317 e. The van der Waals surface area contributed by atoms with Crippen LogP contribution in [0.15, 0.2) is 18.2 Å². The van der Waals surface area contributed by atoms with Crippen LogP contribution in [0.25, 0.3) is 0 Å². The number of aryl methyl sites for hydroxylation is 2. The van der Waals surface area contributed by atoms with Crippen molar-refractivity contribution in [2.24, 2.45) is 0 Å². The summed E-state index contributed by atoms with van der Waals surface area (Å²) in [6, 6.07) is 6.23. The molecule has 0 aromatic carbocycles. The molecule has 2 N–H and O–H groups in total. The van der Waals surface area contributed by atoms with Crippen LogP contribution in [0.2, 0.25) is 0 Å². The number of nitrogens with one attached hydrogen (secondary N) is 2. The summed E-state index contributed by atoms with van der Waals surface area (Å²) < 4.78 is 0. The van der Waals surface area contributed by atoms with Crippen molar-refractivity contribution in [1.29, 1.82) is 0 Å². The third kappa shape index (κ3) is 2.99. The fraction of sp³-hybridized carbons (Fsp3) is 0.467. The van der Waals surface area contributed by atoms with Crippen molar-refractivity contribution in [3.63, 3.8) is 0 Å². The zero-order chi connectivity index (χ0) is 13.9. The second kappa shape index (κ2) is 5.89. The van der Waals surface area contributed by atoms with E-state index in [-0.39, 0.29) is 0 Å². The molecule has 1 fully saturated rings. The van der Waals surface area contributed by atoms with E-state index in [2.05, 4.69) is 34.7 Å². The minimum Gasteiger partial charge on any atom is -0.317 e. The van der Waals surface area contributed by atoms with Crippen LogP contribution in [0.4, 0.5) is 10.9 Å². The van der Waals surface area contributed by atoms with Gasteiger partial charge in [-0.2, -0.15) is 0 Å². The Morgan fingerprint density at radius 2 is 2.00 bits per heavy atom. The standard InChI is InChI=1S/C15H20N4S/c1-10-11(2)20-15(17-10)19-14-5-3-4-13(18-14)12-6-8-16-9-7-12/h3-5,12,16H,6-9H2,1-2H3,(H,17,18,19). The zero-order valence-electron chi connectivity index (χ0n) is 11.9. The molecule has 1 aliphatic heterocycles. The van der Waals surface area contributed by atoms with Gasteiger partial charge in [-0.1, -0.05) is 6.07 Å². The smallest absolute Gasteiger partial charge is 0.188 e. The first-order chi connectivity index (χ1) is 9.72. The summed E-state index contributed by atoms with van der Waals surface area (Å²) >= 11 is 1.68. The summed E-state index contributed by atoms with van der Waals surface area (Å²) in [7, 11) is 0. The molecule has 2 aromatic rings. The summed E-state index contributed by atoms with van der Waals surface area (Å²) in [6.45, 7) is 6.32. The monoisotopic (exact) mass is 288 g/mol. The van der Waals surface area contributed by atoms with E-state index in [4.69, 9.17) is 4.98 Å². The number of hydrogen-bond acceptors (Lipinski definition) is 5. The second-order valence-corrected chi connectivity index (χ2v) is 6.46. The van der Waals surface area contributed by atoms with Crippen LogP contribution in [0, 0.1) is 13.8 Å². The fourth-order valence-electron chi connectivity index (χ4n) is 2.50. The Balaban J connectivity index is 1.76. The average Bonchev–Trinajstić information content (AvgIpc) is 2.78. The zero-order valence-corrected chi connectivity index (χ0v) is 12.8. The molecule has 1 aliphatic rings. The summed E-state index contributed by atoms with van der Waals surface area (Å²) in [5.41, 5.74) is 2.29. The number of piperidine rings is 1. The highest BCUT2D eigenvalue weighted by Gasteiger charge is 2.16. The first kappa shape index (κ1) is 13.5. The molecule has 0 saturated carbocycles. The molecule has 0 atom stereocenters. The lowest BCUT2D eigenvalue weighted by Crippen LogP contribution is -2.27. The van der Waals surface area contributed by atoms with Crippen molar-refractivity contribution >= 4 is 22.3 Å². The number of pyridine rings is 1. The molecule has 2 aromatic heterocycles. The first-order valence-corrected chi connectivity index (χ1v) is 7.93.